The molecule has 0 aliphatic heterocycles. The highest BCUT2D eigenvalue weighted by Gasteiger charge is 2.19. The molecule has 7 heteroatoms. The second-order valence-corrected chi connectivity index (χ2v) is 5.06. The monoisotopic (exact) mass is 255 g/mol. The zero-order valence-electron chi connectivity index (χ0n) is 8.96. The molecule has 0 aliphatic carbocycles. The van der Waals surface area contributed by atoms with E-state index in [1.165, 1.54) is 28.9 Å². The van der Waals surface area contributed by atoms with Crippen LogP contribution >= 0.6 is 0 Å². The Labute approximate surface area is 97.9 Å². The van der Waals surface area contributed by atoms with Crippen molar-refractivity contribution >= 4 is 15.8 Å². The zero-order chi connectivity index (χ0) is 12.5. The van der Waals surface area contributed by atoms with E-state index in [1.54, 1.807) is 13.2 Å². The van der Waals surface area contributed by atoms with E-state index in [0.29, 0.717) is 0 Å². The molecular formula is C10H10FN3O2S. The van der Waals surface area contributed by atoms with Crippen LogP contribution in [-0.2, 0) is 17.1 Å². The fraction of sp³-hybridized carbons (Fsp3) is 0.100. The van der Waals surface area contributed by atoms with Gasteiger partial charge in [0.1, 0.15) is 10.7 Å². The molecule has 0 aliphatic rings. The Kier molecular flexibility index (Phi) is 2.84. The van der Waals surface area contributed by atoms with Crippen LogP contribution < -0.4 is 4.72 Å². The smallest absolute Gasteiger partial charge is 0.266 e. The molecule has 17 heavy (non-hydrogen) atoms. The Morgan fingerprint density at radius 2 is 2.00 bits per heavy atom. The molecule has 0 unspecified atom stereocenters. The maximum atomic E-state index is 13.3. The molecule has 1 heterocycles. The third-order valence-electron chi connectivity index (χ3n) is 2.08. The first kappa shape index (κ1) is 11.6. The molecular weight excluding hydrogens is 245 g/mol. The second-order valence-electron chi connectivity index (χ2n) is 3.41. The van der Waals surface area contributed by atoms with Gasteiger partial charge in [-0.3, -0.25) is 9.40 Å². The second kappa shape index (κ2) is 4.17. The maximum absolute atomic E-state index is 13.3. The number of aromatic nitrogens is 2. The van der Waals surface area contributed by atoms with E-state index < -0.39 is 20.7 Å². The lowest BCUT2D eigenvalue weighted by Crippen LogP contribution is -2.15. The maximum Gasteiger partial charge on any atom is 0.266 e. The van der Waals surface area contributed by atoms with Crippen LogP contribution in [0.2, 0.25) is 0 Å². The van der Waals surface area contributed by atoms with Crippen molar-refractivity contribution in [2.45, 2.75) is 4.90 Å². The van der Waals surface area contributed by atoms with E-state index >= 15 is 0 Å². The van der Waals surface area contributed by atoms with Gasteiger partial charge in [-0.2, -0.15) is 5.10 Å². The van der Waals surface area contributed by atoms with Crippen molar-refractivity contribution in [2.24, 2.45) is 7.05 Å². The summed E-state index contributed by atoms with van der Waals surface area (Å²) in [5.41, 5.74) is 0. The van der Waals surface area contributed by atoms with Crippen LogP contribution in [0.1, 0.15) is 0 Å². The Morgan fingerprint density at radius 1 is 1.29 bits per heavy atom. The minimum absolute atomic E-state index is 0.149. The van der Waals surface area contributed by atoms with E-state index in [1.807, 2.05) is 0 Å². The fourth-order valence-corrected chi connectivity index (χ4v) is 2.40. The number of hydrogen-bond acceptors (Lipinski definition) is 3. The van der Waals surface area contributed by atoms with E-state index in [9.17, 15) is 12.8 Å². The van der Waals surface area contributed by atoms with Gasteiger partial charge in [0.2, 0.25) is 0 Å². The van der Waals surface area contributed by atoms with Gasteiger partial charge in [-0.15, -0.1) is 0 Å². The Hall–Kier alpha value is -1.89. The Balaban J connectivity index is 2.35. The van der Waals surface area contributed by atoms with E-state index in [4.69, 9.17) is 0 Å². The predicted molar refractivity (Wildman–Crippen MR) is 60.4 cm³/mol. The standard InChI is InChI=1S/C10H10FN3O2S/c1-14-7-6-10(12-14)13-17(15,16)9-5-3-2-4-8(9)11/h2-7H,1H3,(H,12,13). The Morgan fingerprint density at radius 3 is 2.59 bits per heavy atom. The molecule has 1 aromatic carbocycles. The molecule has 1 N–H and O–H groups in total. The van der Waals surface area contributed by atoms with E-state index in [-0.39, 0.29) is 5.82 Å². The number of rotatable bonds is 3. The number of benzene rings is 1. The van der Waals surface area contributed by atoms with Crippen molar-refractivity contribution in [1.82, 2.24) is 9.78 Å². The lowest BCUT2D eigenvalue weighted by molar-refractivity contribution is 0.570. The number of aryl methyl sites for hydroxylation is 1. The fourth-order valence-electron chi connectivity index (χ4n) is 1.32. The summed E-state index contributed by atoms with van der Waals surface area (Å²) in [7, 11) is -2.28. The van der Waals surface area contributed by atoms with Gasteiger partial charge in [-0.1, -0.05) is 12.1 Å². The number of anilines is 1. The van der Waals surface area contributed by atoms with E-state index in [0.717, 1.165) is 6.07 Å². The highest BCUT2D eigenvalue weighted by molar-refractivity contribution is 7.92. The van der Waals surface area contributed by atoms with E-state index in [2.05, 4.69) is 9.82 Å². The third kappa shape index (κ3) is 2.44. The summed E-state index contributed by atoms with van der Waals surface area (Å²) in [4.78, 5) is -0.398. The van der Waals surface area contributed by atoms with Crippen molar-refractivity contribution in [3.05, 3.63) is 42.3 Å². The molecule has 2 aromatic rings. The van der Waals surface area contributed by atoms with Crippen LogP contribution in [0, 0.1) is 5.82 Å². The average Bonchev–Trinajstić information content (AvgIpc) is 2.63. The van der Waals surface area contributed by atoms with Crippen molar-refractivity contribution in [2.75, 3.05) is 4.72 Å². The zero-order valence-corrected chi connectivity index (χ0v) is 9.78. The normalized spacial score (nSPS) is 11.4. The molecule has 1 aromatic heterocycles. The molecule has 0 bridgehead atoms. The first-order valence-corrected chi connectivity index (χ1v) is 6.24. The molecule has 0 amide bonds. The van der Waals surface area contributed by atoms with Crippen LogP contribution in [0.4, 0.5) is 10.2 Å². The van der Waals surface area contributed by atoms with Crippen LogP contribution in [0.15, 0.2) is 41.4 Å². The quantitative estimate of drug-likeness (QED) is 0.900. The topological polar surface area (TPSA) is 64.0 Å². The van der Waals surface area contributed by atoms with Crippen LogP contribution in [0.3, 0.4) is 0 Å². The van der Waals surface area contributed by atoms with Gasteiger partial charge in [-0.25, -0.2) is 12.8 Å². The van der Waals surface area contributed by atoms with Gasteiger partial charge < -0.3 is 0 Å². The average molecular weight is 255 g/mol. The number of nitrogens with one attached hydrogen (secondary N) is 1. The molecule has 0 saturated carbocycles. The predicted octanol–water partition coefficient (Wildman–Crippen LogP) is 1.36. The number of sulfonamides is 1. The number of nitrogens with zero attached hydrogens (tertiary/aromatic N) is 2. The minimum atomic E-state index is -3.93. The molecule has 90 valence electrons. The molecule has 2 rings (SSSR count). The summed E-state index contributed by atoms with van der Waals surface area (Å²) in [6, 6.07) is 6.65. The lowest BCUT2D eigenvalue weighted by Gasteiger charge is -2.05. The minimum Gasteiger partial charge on any atom is -0.274 e. The summed E-state index contributed by atoms with van der Waals surface area (Å²) in [5.74, 6) is -0.647. The van der Waals surface area contributed by atoms with Gasteiger partial charge in [0.25, 0.3) is 10.0 Å². The van der Waals surface area contributed by atoms with Gasteiger partial charge in [0, 0.05) is 19.3 Å². The van der Waals surface area contributed by atoms with Gasteiger partial charge in [0.15, 0.2) is 5.82 Å². The van der Waals surface area contributed by atoms with Gasteiger partial charge in [0.05, 0.1) is 0 Å². The van der Waals surface area contributed by atoms with Gasteiger partial charge in [-0.05, 0) is 12.1 Å². The first-order valence-electron chi connectivity index (χ1n) is 4.76. The SMILES string of the molecule is Cn1ccc(NS(=O)(=O)c2ccccc2F)n1. The largest absolute Gasteiger partial charge is 0.274 e. The molecule has 5 nitrogen and oxygen atoms in total. The van der Waals surface area contributed by atoms with Crippen LogP contribution in [-0.4, -0.2) is 18.2 Å². The lowest BCUT2D eigenvalue weighted by atomic mass is 10.4. The molecule has 0 radical (unpaired) electrons. The first-order chi connectivity index (χ1) is 7.99. The molecule has 0 atom stereocenters. The third-order valence-corrected chi connectivity index (χ3v) is 3.47. The molecule has 0 saturated heterocycles. The summed E-state index contributed by atoms with van der Waals surface area (Å²) >= 11 is 0. The summed E-state index contributed by atoms with van der Waals surface area (Å²) in [6.45, 7) is 0. The summed E-state index contributed by atoms with van der Waals surface area (Å²) < 4.78 is 40.7. The number of hydrogen-bond donors (Lipinski definition) is 1. The summed E-state index contributed by atoms with van der Waals surface area (Å²) in [6.07, 6.45) is 1.58. The van der Waals surface area contributed by atoms with Crippen molar-refractivity contribution in [3.8, 4) is 0 Å². The highest BCUT2D eigenvalue weighted by atomic mass is 32.2. The van der Waals surface area contributed by atoms with Gasteiger partial charge >= 0.3 is 0 Å². The number of halogens is 1. The van der Waals surface area contributed by atoms with Crippen LogP contribution in [0.5, 0.6) is 0 Å². The van der Waals surface area contributed by atoms with Crippen molar-refractivity contribution < 1.29 is 12.8 Å². The van der Waals surface area contributed by atoms with Crippen molar-refractivity contribution in [3.63, 3.8) is 0 Å². The molecule has 0 fully saturated rings. The van der Waals surface area contributed by atoms with Crippen molar-refractivity contribution in [1.29, 1.82) is 0 Å². The Bertz CT molecular complexity index is 637. The molecule has 0 spiro atoms. The summed E-state index contributed by atoms with van der Waals surface area (Å²) in [5, 5.41) is 3.85. The highest BCUT2D eigenvalue weighted by Crippen LogP contribution is 2.16. The van der Waals surface area contributed by atoms with Crippen LogP contribution in [0.25, 0.3) is 0 Å².